The molecule has 0 bridgehead atoms. The van der Waals surface area contributed by atoms with Crippen molar-refractivity contribution in [2.24, 2.45) is 0 Å². The van der Waals surface area contributed by atoms with Crippen LogP contribution in [0.2, 0.25) is 5.02 Å². The fourth-order valence-electron chi connectivity index (χ4n) is 1.29. The Hall–Kier alpha value is -2.01. The molecule has 88 valence electrons. The van der Waals surface area contributed by atoms with Gasteiger partial charge in [0.1, 0.15) is 5.75 Å². The number of hydrogen-bond acceptors (Lipinski definition) is 4. The number of hydrogen-bond donors (Lipinski definition) is 2. The number of amides is 1. The molecule has 17 heavy (non-hydrogen) atoms. The molecule has 6 heteroatoms. The SMILES string of the molecule is Cc1cc(NC(=O)c2cc(O)ccc2Cl)on1. The second-order valence-corrected chi connectivity index (χ2v) is 3.86. The van der Waals surface area contributed by atoms with Crippen LogP contribution in [0.25, 0.3) is 0 Å². The highest BCUT2D eigenvalue weighted by Gasteiger charge is 2.13. The van der Waals surface area contributed by atoms with E-state index in [1.54, 1.807) is 13.0 Å². The lowest BCUT2D eigenvalue weighted by molar-refractivity contribution is 0.102. The zero-order valence-corrected chi connectivity index (χ0v) is 9.65. The highest BCUT2D eigenvalue weighted by molar-refractivity contribution is 6.34. The van der Waals surface area contributed by atoms with E-state index in [1.165, 1.54) is 18.2 Å². The monoisotopic (exact) mass is 252 g/mol. The Morgan fingerprint density at radius 3 is 2.88 bits per heavy atom. The number of halogens is 1. The molecule has 0 aliphatic heterocycles. The van der Waals surface area contributed by atoms with E-state index in [1.807, 2.05) is 0 Å². The molecule has 0 atom stereocenters. The third-order valence-electron chi connectivity index (χ3n) is 2.06. The maximum Gasteiger partial charge on any atom is 0.259 e. The van der Waals surface area contributed by atoms with Crippen LogP contribution >= 0.6 is 11.6 Å². The number of aryl methyl sites for hydroxylation is 1. The van der Waals surface area contributed by atoms with Crippen LogP contribution in [0.4, 0.5) is 5.88 Å². The third kappa shape index (κ3) is 2.57. The van der Waals surface area contributed by atoms with E-state index in [0.717, 1.165) is 0 Å². The van der Waals surface area contributed by atoms with Crippen LogP contribution in [0.1, 0.15) is 16.1 Å². The van der Waals surface area contributed by atoms with Crippen LogP contribution in [-0.4, -0.2) is 16.2 Å². The standard InChI is InChI=1S/C11H9ClN2O3/c1-6-4-10(17-14-6)13-11(16)8-5-7(15)2-3-9(8)12/h2-5,15H,1H3,(H,13,16). The summed E-state index contributed by atoms with van der Waals surface area (Å²) in [5, 5.41) is 15.6. The Morgan fingerprint density at radius 2 is 2.24 bits per heavy atom. The summed E-state index contributed by atoms with van der Waals surface area (Å²) < 4.78 is 4.84. The first-order valence-corrected chi connectivity index (χ1v) is 5.17. The minimum absolute atomic E-state index is 0.0340. The summed E-state index contributed by atoms with van der Waals surface area (Å²) in [4.78, 5) is 11.8. The minimum Gasteiger partial charge on any atom is -0.508 e. The molecule has 0 aliphatic rings. The lowest BCUT2D eigenvalue weighted by atomic mass is 10.2. The lowest BCUT2D eigenvalue weighted by Gasteiger charge is -2.03. The van der Waals surface area contributed by atoms with Gasteiger partial charge in [-0.15, -0.1) is 0 Å². The molecule has 2 N–H and O–H groups in total. The zero-order valence-electron chi connectivity index (χ0n) is 8.90. The van der Waals surface area contributed by atoms with E-state index in [9.17, 15) is 9.90 Å². The molecule has 1 heterocycles. The van der Waals surface area contributed by atoms with Crippen molar-refractivity contribution in [2.45, 2.75) is 6.92 Å². The van der Waals surface area contributed by atoms with Gasteiger partial charge in [-0.2, -0.15) is 0 Å². The van der Waals surface area contributed by atoms with E-state index in [2.05, 4.69) is 10.5 Å². The van der Waals surface area contributed by atoms with Crippen LogP contribution in [-0.2, 0) is 0 Å². The molecule has 0 spiro atoms. The van der Waals surface area contributed by atoms with E-state index in [4.69, 9.17) is 16.1 Å². The van der Waals surface area contributed by atoms with Crippen molar-refractivity contribution in [3.8, 4) is 5.75 Å². The Bertz CT molecular complexity index is 566. The van der Waals surface area contributed by atoms with Crippen molar-refractivity contribution in [3.63, 3.8) is 0 Å². The third-order valence-corrected chi connectivity index (χ3v) is 2.39. The van der Waals surface area contributed by atoms with Crippen LogP contribution in [0.5, 0.6) is 5.75 Å². The molecule has 0 saturated carbocycles. The highest BCUT2D eigenvalue weighted by Crippen LogP contribution is 2.22. The normalized spacial score (nSPS) is 10.2. The van der Waals surface area contributed by atoms with Gasteiger partial charge in [0.2, 0.25) is 5.88 Å². The van der Waals surface area contributed by atoms with Crippen molar-refractivity contribution in [2.75, 3.05) is 5.32 Å². The Kier molecular flexibility index (Phi) is 3.01. The number of aromatic hydroxyl groups is 1. The first-order valence-electron chi connectivity index (χ1n) is 4.79. The fraction of sp³-hybridized carbons (Fsp3) is 0.0909. The molecule has 2 rings (SSSR count). The number of nitrogens with one attached hydrogen (secondary N) is 1. The number of benzene rings is 1. The van der Waals surface area contributed by atoms with E-state index >= 15 is 0 Å². The van der Waals surface area contributed by atoms with Gasteiger partial charge in [0.25, 0.3) is 5.91 Å². The predicted molar refractivity (Wildman–Crippen MR) is 62.3 cm³/mol. The van der Waals surface area contributed by atoms with E-state index in [-0.39, 0.29) is 22.2 Å². The number of rotatable bonds is 2. The van der Waals surface area contributed by atoms with Crippen LogP contribution in [0, 0.1) is 6.92 Å². The summed E-state index contributed by atoms with van der Waals surface area (Å²) in [5.74, 6) is -0.276. The van der Waals surface area contributed by atoms with Crippen LogP contribution in [0.15, 0.2) is 28.8 Å². The molecule has 1 aromatic carbocycles. The highest BCUT2D eigenvalue weighted by atomic mass is 35.5. The van der Waals surface area contributed by atoms with Gasteiger partial charge in [-0.25, -0.2) is 0 Å². The number of carbonyl (C=O) groups excluding carboxylic acids is 1. The number of phenols is 1. The van der Waals surface area contributed by atoms with Crippen molar-refractivity contribution in [3.05, 3.63) is 40.5 Å². The van der Waals surface area contributed by atoms with Crippen molar-refractivity contribution < 1.29 is 14.4 Å². The first-order chi connectivity index (χ1) is 8.06. The average molecular weight is 253 g/mol. The first kappa shape index (κ1) is 11.5. The number of anilines is 1. The Balaban J connectivity index is 2.22. The van der Waals surface area contributed by atoms with Gasteiger partial charge in [0, 0.05) is 6.07 Å². The molecule has 0 unspecified atom stereocenters. The molecule has 1 aromatic heterocycles. The topological polar surface area (TPSA) is 75.4 Å². The fourth-order valence-corrected chi connectivity index (χ4v) is 1.49. The van der Waals surface area contributed by atoms with Gasteiger partial charge in [0.15, 0.2) is 0 Å². The van der Waals surface area contributed by atoms with E-state index < -0.39 is 5.91 Å². The molecule has 1 amide bonds. The van der Waals surface area contributed by atoms with E-state index in [0.29, 0.717) is 5.69 Å². The molecule has 0 radical (unpaired) electrons. The van der Waals surface area contributed by atoms with Crippen LogP contribution in [0.3, 0.4) is 0 Å². The van der Waals surface area contributed by atoms with Gasteiger partial charge >= 0.3 is 0 Å². The molecular weight excluding hydrogens is 244 g/mol. The lowest BCUT2D eigenvalue weighted by Crippen LogP contribution is -2.11. The van der Waals surface area contributed by atoms with Gasteiger partial charge in [-0.3, -0.25) is 10.1 Å². The molecule has 0 fully saturated rings. The van der Waals surface area contributed by atoms with Crippen molar-refractivity contribution in [1.82, 2.24) is 5.16 Å². The summed E-state index contributed by atoms with van der Waals surface area (Å²) >= 11 is 5.84. The second kappa shape index (κ2) is 4.47. The largest absolute Gasteiger partial charge is 0.508 e. The number of nitrogens with zero attached hydrogens (tertiary/aromatic N) is 1. The average Bonchev–Trinajstić information content (AvgIpc) is 2.67. The molecular formula is C11H9ClN2O3. The van der Waals surface area contributed by atoms with Crippen molar-refractivity contribution >= 4 is 23.4 Å². The maximum absolute atomic E-state index is 11.8. The van der Waals surface area contributed by atoms with Crippen LogP contribution < -0.4 is 5.32 Å². The number of phenolic OH excluding ortho intramolecular Hbond substituents is 1. The van der Waals surface area contributed by atoms with Crippen molar-refractivity contribution in [1.29, 1.82) is 0 Å². The quantitative estimate of drug-likeness (QED) is 0.861. The summed E-state index contributed by atoms with van der Waals surface area (Å²) in [6.45, 7) is 1.74. The van der Waals surface area contributed by atoms with Gasteiger partial charge < -0.3 is 9.63 Å². The van der Waals surface area contributed by atoms with Gasteiger partial charge in [-0.05, 0) is 25.1 Å². The van der Waals surface area contributed by atoms with Gasteiger partial charge in [0.05, 0.1) is 16.3 Å². The molecule has 0 saturated heterocycles. The number of carbonyl (C=O) groups is 1. The molecule has 0 aliphatic carbocycles. The predicted octanol–water partition coefficient (Wildman–Crippen LogP) is 2.59. The van der Waals surface area contributed by atoms with Gasteiger partial charge in [-0.1, -0.05) is 16.8 Å². The second-order valence-electron chi connectivity index (χ2n) is 3.45. The smallest absolute Gasteiger partial charge is 0.259 e. The number of aromatic nitrogens is 1. The molecule has 2 aromatic rings. The minimum atomic E-state index is -0.470. The maximum atomic E-state index is 11.8. The zero-order chi connectivity index (χ0) is 12.4. The summed E-state index contributed by atoms with van der Waals surface area (Å²) in [5.41, 5.74) is 0.822. The summed E-state index contributed by atoms with van der Waals surface area (Å²) in [7, 11) is 0. The summed E-state index contributed by atoms with van der Waals surface area (Å²) in [6, 6.07) is 5.70. The molecule has 5 nitrogen and oxygen atoms in total. The Morgan fingerprint density at radius 1 is 1.47 bits per heavy atom. The Labute approximate surface area is 102 Å². The summed E-state index contributed by atoms with van der Waals surface area (Å²) in [6.07, 6.45) is 0.